The van der Waals surface area contributed by atoms with Gasteiger partial charge < -0.3 is 5.32 Å². The summed E-state index contributed by atoms with van der Waals surface area (Å²) in [6.07, 6.45) is 5.37. The summed E-state index contributed by atoms with van der Waals surface area (Å²) in [5, 5.41) is 3.61. The Hall–Kier alpha value is -0.0800. The highest BCUT2D eigenvalue weighted by Gasteiger charge is 2.25. The minimum absolute atomic E-state index is 0.657. The maximum atomic E-state index is 3.61. The van der Waals surface area contributed by atoms with E-state index >= 15 is 0 Å². The first-order valence-corrected chi connectivity index (χ1v) is 6.67. The second kappa shape index (κ2) is 6.49. The Labute approximate surface area is 95.4 Å². The smallest absolute Gasteiger partial charge is 0.0169 e. The lowest BCUT2D eigenvalue weighted by molar-refractivity contribution is 0.110. The van der Waals surface area contributed by atoms with Crippen LogP contribution in [0.25, 0.3) is 0 Å². The number of piperazine rings is 1. The SMILES string of the molecule is CCCC(CCC)N1CC(C)NC(C)C1. The van der Waals surface area contributed by atoms with Crippen LogP contribution in [0.1, 0.15) is 53.4 Å². The van der Waals surface area contributed by atoms with Gasteiger partial charge in [-0.25, -0.2) is 0 Å². The molecule has 0 bridgehead atoms. The Bertz CT molecular complexity index is 154. The molecule has 2 unspecified atom stereocenters. The molecule has 2 atom stereocenters. The molecule has 15 heavy (non-hydrogen) atoms. The molecule has 1 fully saturated rings. The summed E-state index contributed by atoms with van der Waals surface area (Å²) in [7, 11) is 0. The van der Waals surface area contributed by atoms with E-state index in [-0.39, 0.29) is 0 Å². The number of hydrogen-bond acceptors (Lipinski definition) is 2. The summed E-state index contributed by atoms with van der Waals surface area (Å²) in [6.45, 7) is 11.7. The van der Waals surface area contributed by atoms with E-state index < -0.39 is 0 Å². The van der Waals surface area contributed by atoms with Gasteiger partial charge in [0, 0.05) is 31.2 Å². The molecular weight excluding hydrogens is 184 g/mol. The Morgan fingerprint density at radius 3 is 1.93 bits per heavy atom. The van der Waals surface area contributed by atoms with Crippen LogP contribution in [0.5, 0.6) is 0 Å². The van der Waals surface area contributed by atoms with Crippen LogP contribution in [0.2, 0.25) is 0 Å². The van der Waals surface area contributed by atoms with Crippen LogP contribution < -0.4 is 5.32 Å². The number of hydrogen-bond donors (Lipinski definition) is 1. The highest BCUT2D eigenvalue weighted by Crippen LogP contribution is 2.16. The van der Waals surface area contributed by atoms with Crippen molar-refractivity contribution in [1.82, 2.24) is 10.2 Å². The zero-order valence-electron chi connectivity index (χ0n) is 10.9. The first-order valence-electron chi connectivity index (χ1n) is 6.67. The minimum atomic E-state index is 0.657. The van der Waals surface area contributed by atoms with Crippen molar-refractivity contribution in [2.24, 2.45) is 0 Å². The molecular formula is C13H28N2. The van der Waals surface area contributed by atoms with Crippen LogP contribution in [0.15, 0.2) is 0 Å². The van der Waals surface area contributed by atoms with Gasteiger partial charge >= 0.3 is 0 Å². The normalized spacial score (nSPS) is 28.6. The number of nitrogens with zero attached hydrogens (tertiary/aromatic N) is 1. The fourth-order valence-electron chi connectivity index (χ4n) is 2.84. The third kappa shape index (κ3) is 4.12. The van der Waals surface area contributed by atoms with Crippen LogP contribution in [0, 0.1) is 0 Å². The molecule has 0 amide bonds. The second-order valence-electron chi connectivity index (χ2n) is 5.15. The van der Waals surface area contributed by atoms with Gasteiger partial charge in [0.15, 0.2) is 0 Å². The van der Waals surface area contributed by atoms with E-state index in [4.69, 9.17) is 0 Å². The predicted octanol–water partition coefficient (Wildman–Crippen LogP) is 2.64. The van der Waals surface area contributed by atoms with Crippen LogP contribution >= 0.6 is 0 Å². The van der Waals surface area contributed by atoms with Gasteiger partial charge in [-0.2, -0.15) is 0 Å². The van der Waals surface area contributed by atoms with Crippen molar-refractivity contribution in [3.8, 4) is 0 Å². The van der Waals surface area contributed by atoms with Crippen LogP contribution in [0.3, 0.4) is 0 Å². The highest BCUT2D eigenvalue weighted by atomic mass is 15.2. The minimum Gasteiger partial charge on any atom is -0.309 e. The first-order chi connectivity index (χ1) is 7.17. The zero-order chi connectivity index (χ0) is 11.3. The molecule has 90 valence electrons. The summed E-state index contributed by atoms with van der Waals surface area (Å²) >= 11 is 0. The molecule has 1 saturated heterocycles. The van der Waals surface area contributed by atoms with Gasteiger partial charge in [-0.05, 0) is 26.7 Å². The third-order valence-corrected chi connectivity index (χ3v) is 3.35. The van der Waals surface area contributed by atoms with Crippen molar-refractivity contribution in [3.63, 3.8) is 0 Å². The lowest BCUT2D eigenvalue weighted by Crippen LogP contribution is -2.57. The Balaban J connectivity index is 2.49. The zero-order valence-corrected chi connectivity index (χ0v) is 10.9. The predicted molar refractivity (Wildman–Crippen MR) is 67.2 cm³/mol. The summed E-state index contributed by atoms with van der Waals surface area (Å²) in [5.41, 5.74) is 0. The molecule has 0 spiro atoms. The van der Waals surface area contributed by atoms with Crippen molar-refractivity contribution >= 4 is 0 Å². The summed E-state index contributed by atoms with van der Waals surface area (Å²) in [6, 6.07) is 2.14. The van der Waals surface area contributed by atoms with Gasteiger partial charge in [0.05, 0.1) is 0 Å². The van der Waals surface area contributed by atoms with Crippen LogP contribution in [-0.2, 0) is 0 Å². The molecule has 1 N–H and O–H groups in total. The van der Waals surface area contributed by atoms with Gasteiger partial charge in [0.2, 0.25) is 0 Å². The second-order valence-corrected chi connectivity index (χ2v) is 5.15. The van der Waals surface area contributed by atoms with Gasteiger partial charge in [0.1, 0.15) is 0 Å². The third-order valence-electron chi connectivity index (χ3n) is 3.35. The van der Waals surface area contributed by atoms with E-state index in [0.717, 1.165) is 6.04 Å². The fraction of sp³-hybridized carbons (Fsp3) is 1.00. The van der Waals surface area contributed by atoms with Gasteiger partial charge in [-0.1, -0.05) is 26.7 Å². The Morgan fingerprint density at radius 2 is 1.53 bits per heavy atom. The summed E-state index contributed by atoms with van der Waals surface area (Å²) < 4.78 is 0. The number of rotatable bonds is 5. The Kier molecular flexibility index (Phi) is 5.62. The molecule has 0 aliphatic carbocycles. The average molecular weight is 212 g/mol. The lowest BCUT2D eigenvalue weighted by atomic mass is 10.0. The summed E-state index contributed by atoms with van der Waals surface area (Å²) in [4.78, 5) is 2.71. The standard InChI is InChI=1S/C13H28N2/c1-5-7-13(8-6-2)15-9-11(3)14-12(4)10-15/h11-14H,5-10H2,1-4H3. The monoisotopic (exact) mass is 212 g/mol. The van der Waals surface area contributed by atoms with E-state index in [1.807, 2.05) is 0 Å². The van der Waals surface area contributed by atoms with Gasteiger partial charge in [-0.15, -0.1) is 0 Å². The van der Waals surface area contributed by atoms with Crippen molar-refractivity contribution in [2.75, 3.05) is 13.1 Å². The van der Waals surface area contributed by atoms with Gasteiger partial charge in [-0.3, -0.25) is 4.90 Å². The molecule has 0 aromatic carbocycles. The number of nitrogens with one attached hydrogen (secondary N) is 1. The van der Waals surface area contributed by atoms with E-state index in [1.165, 1.54) is 38.8 Å². The molecule has 0 aromatic rings. The Morgan fingerprint density at radius 1 is 1.07 bits per heavy atom. The molecule has 1 aliphatic heterocycles. The van der Waals surface area contributed by atoms with Crippen molar-refractivity contribution in [1.29, 1.82) is 0 Å². The van der Waals surface area contributed by atoms with E-state index in [9.17, 15) is 0 Å². The molecule has 2 nitrogen and oxygen atoms in total. The fourth-order valence-corrected chi connectivity index (χ4v) is 2.84. The van der Waals surface area contributed by atoms with Crippen molar-refractivity contribution in [3.05, 3.63) is 0 Å². The maximum Gasteiger partial charge on any atom is 0.0169 e. The van der Waals surface area contributed by atoms with Gasteiger partial charge in [0.25, 0.3) is 0 Å². The molecule has 0 radical (unpaired) electrons. The first kappa shape index (κ1) is 13.0. The summed E-state index contributed by atoms with van der Waals surface area (Å²) in [5.74, 6) is 0. The van der Waals surface area contributed by atoms with Crippen LogP contribution in [0.4, 0.5) is 0 Å². The molecule has 2 heteroatoms. The van der Waals surface area contributed by atoms with E-state index in [0.29, 0.717) is 12.1 Å². The molecule has 1 rings (SSSR count). The molecule has 0 aromatic heterocycles. The van der Waals surface area contributed by atoms with E-state index in [2.05, 4.69) is 37.9 Å². The average Bonchev–Trinajstić information content (AvgIpc) is 2.16. The molecule has 0 saturated carbocycles. The largest absolute Gasteiger partial charge is 0.309 e. The van der Waals surface area contributed by atoms with E-state index in [1.54, 1.807) is 0 Å². The van der Waals surface area contributed by atoms with Crippen LogP contribution in [-0.4, -0.2) is 36.1 Å². The topological polar surface area (TPSA) is 15.3 Å². The molecule has 1 heterocycles. The van der Waals surface area contributed by atoms with Crippen molar-refractivity contribution in [2.45, 2.75) is 71.5 Å². The lowest BCUT2D eigenvalue weighted by Gasteiger charge is -2.41. The quantitative estimate of drug-likeness (QED) is 0.753. The highest BCUT2D eigenvalue weighted by molar-refractivity contribution is 4.84. The molecule has 1 aliphatic rings. The van der Waals surface area contributed by atoms with Crippen molar-refractivity contribution < 1.29 is 0 Å². The maximum absolute atomic E-state index is 3.61.